The molecule has 3 nitrogen and oxygen atoms in total. The maximum Gasteiger partial charge on any atom is 0.122 e. The van der Waals surface area contributed by atoms with Crippen LogP contribution in [0.25, 0.3) is 0 Å². The smallest absolute Gasteiger partial charge is 0.122 e. The summed E-state index contributed by atoms with van der Waals surface area (Å²) in [6.45, 7) is 10.7. The Morgan fingerprint density at radius 3 is 2.75 bits per heavy atom. The summed E-state index contributed by atoms with van der Waals surface area (Å²) in [5.74, 6) is 1.13. The number of piperidine rings is 1. The van der Waals surface area contributed by atoms with Gasteiger partial charge >= 0.3 is 0 Å². The molecule has 0 aliphatic carbocycles. The number of rotatable bonds is 4. The molecule has 1 fully saturated rings. The predicted octanol–water partition coefficient (Wildman–Crippen LogP) is 3.69. The van der Waals surface area contributed by atoms with Gasteiger partial charge in [-0.2, -0.15) is 0 Å². The van der Waals surface area contributed by atoms with Gasteiger partial charge in [0.25, 0.3) is 0 Å². The highest BCUT2D eigenvalue weighted by Crippen LogP contribution is 2.33. The topological polar surface area (TPSA) is 35.5 Å². The maximum atomic E-state index is 10.3. The number of phenolic OH excluding ortho intramolecular Hbond substituents is 1. The molecule has 112 valence electrons. The minimum absolute atomic E-state index is 0.187. The van der Waals surface area contributed by atoms with Crippen molar-refractivity contribution in [2.45, 2.75) is 52.6 Å². The molecular weight excluding hydrogens is 248 g/mol. The summed E-state index contributed by atoms with van der Waals surface area (Å²) in [4.78, 5) is 2.43. The fraction of sp³-hybridized carbons (Fsp3) is 0.647. The largest absolute Gasteiger partial charge is 0.508 e. The molecule has 1 aromatic rings. The van der Waals surface area contributed by atoms with E-state index in [1.54, 1.807) is 0 Å². The standard InChI is InChI=1S/C17H28N2O/c1-5-18-14(4)16-9-8-15(10-17(16)20)19-11-12(2)6-7-13(19)3/h8-10,12-14,18,20H,5-7,11H2,1-4H3. The van der Waals surface area contributed by atoms with Crippen LogP contribution < -0.4 is 10.2 Å². The number of aromatic hydroxyl groups is 1. The third-order valence-corrected chi connectivity index (χ3v) is 4.44. The van der Waals surface area contributed by atoms with E-state index in [1.165, 1.54) is 12.8 Å². The van der Waals surface area contributed by atoms with Gasteiger partial charge in [-0.3, -0.25) is 0 Å². The molecule has 1 heterocycles. The quantitative estimate of drug-likeness (QED) is 0.880. The highest BCUT2D eigenvalue weighted by atomic mass is 16.3. The molecule has 0 amide bonds. The van der Waals surface area contributed by atoms with Crippen LogP contribution in [0.2, 0.25) is 0 Å². The monoisotopic (exact) mass is 276 g/mol. The molecule has 20 heavy (non-hydrogen) atoms. The Labute approximate surface area is 123 Å². The number of phenols is 1. The van der Waals surface area contributed by atoms with Crippen molar-refractivity contribution in [1.82, 2.24) is 5.32 Å². The fourth-order valence-electron chi connectivity index (χ4n) is 3.14. The van der Waals surface area contributed by atoms with E-state index in [0.717, 1.165) is 30.3 Å². The molecule has 0 bridgehead atoms. The van der Waals surface area contributed by atoms with Crippen molar-refractivity contribution in [1.29, 1.82) is 0 Å². The Balaban J connectivity index is 2.19. The first kappa shape index (κ1) is 15.2. The van der Waals surface area contributed by atoms with Gasteiger partial charge in [-0.25, -0.2) is 0 Å². The van der Waals surface area contributed by atoms with Gasteiger partial charge in [0.15, 0.2) is 0 Å². The van der Waals surface area contributed by atoms with Gasteiger partial charge in [-0.05, 0) is 45.2 Å². The normalized spacial score (nSPS) is 24.7. The molecule has 3 heteroatoms. The van der Waals surface area contributed by atoms with Crippen LogP contribution in [0.4, 0.5) is 5.69 Å². The van der Waals surface area contributed by atoms with Gasteiger partial charge < -0.3 is 15.3 Å². The molecule has 2 N–H and O–H groups in total. The van der Waals surface area contributed by atoms with Crippen LogP contribution in [0.3, 0.4) is 0 Å². The highest BCUT2D eigenvalue weighted by Gasteiger charge is 2.23. The fourth-order valence-corrected chi connectivity index (χ4v) is 3.14. The molecule has 0 saturated carbocycles. The minimum Gasteiger partial charge on any atom is -0.508 e. The van der Waals surface area contributed by atoms with E-state index in [2.05, 4.69) is 50.0 Å². The second-order valence-electron chi connectivity index (χ2n) is 6.21. The van der Waals surface area contributed by atoms with Gasteiger partial charge in [0, 0.05) is 35.9 Å². The van der Waals surface area contributed by atoms with E-state index in [9.17, 15) is 5.11 Å². The average molecular weight is 276 g/mol. The van der Waals surface area contributed by atoms with E-state index in [0.29, 0.717) is 11.8 Å². The Morgan fingerprint density at radius 2 is 2.10 bits per heavy atom. The Hall–Kier alpha value is -1.22. The Morgan fingerprint density at radius 1 is 1.35 bits per heavy atom. The number of hydrogen-bond acceptors (Lipinski definition) is 3. The molecule has 3 unspecified atom stereocenters. The summed E-state index contributed by atoms with van der Waals surface area (Å²) < 4.78 is 0. The summed E-state index contributed by atoms with van der Waals surface area (Å²) in [6, 6.07) is 6.88. The lowest BCUT2D eigenvalue weighted by Crippen LogP contribution is -2.41. The van der Waals surface area contributed by atoms with Crippen LogP contribution in [-0.2, 0) is 0 Å². The molecule has 1 aromatic carbocycles. The van der Waals surface area contributed by atoms with Gasteiger partial charge in [0.2, 0.25) is 0 Å². The maximum absolute atomic E-state index is 10.3. The summed E-state index contributed by atoms with van der Waals surface area (Å²) in [7, 11) is 0. The Bertz CT molecular complexity index is 447. The number of benzene rings is 1. The first-order chi connectivity index (χ1) is 9.52. The molecule has 0 radical (unpaired) electrons. The molecule has 0 spiro atoms. The van der Waals surface area contributed by atoms with E-state index in [-0.39, 0.29) is 6.04 Å². The van der Waals surface area contributed by atoms with Crippen LogP contribution in [0.1, 0.15) is 52.1 Å². The lowest BCUT2D eigenvalue weighted by molar-refractivity contribution is 0.389. The molecule has 1 aliphatic rings. The summed E-state index contributed by atoms with van der Waals surface area (Å²) in [5.41, 5.74) is 2.13. The van der Waals surface area contributed by atoms with E-state index in [4.69, 9.17) is 0 Å². The lowest BCUT2D eigenvalue weighted by atomic mass is 9.94. The van der Waals surface area contributed by atoms with Crippen LogP contribution in [0.15, 0.2) is 18.2 Å². The van der Waals surface area contributed by atoms with Crippen molar-refractivity contribution < 1.29 is 5.11 Å². The number of nitrogens with one attached hydrogen (secondary N) is 1. The second kappa shape index (κ2) is 6.49. The van der Waals surface area contributed by atoms with Crippen LogP contribution in [0, 0.1) is 5.92 Å². The molecule has 1 aliphatic heterocycles. The van der Waals surface area contributed by atoms with Crippen LogP contribution in [0.5, 0.6) is 5.75 Å². The zero-order valence-electron chi connectivity index (χ0n) is 13.2. The number of hydrogen-bond donors (Lipinski definition) is 2. The van der Waals surface area contributed by atoms with E-state index < -0.39 is 0 Å². The zero-order chi connectivity index (χ0) is 14.7. The van der Waals surface area contributed by atoms with Gasteiger partial charge in [-0.15, -0.1) is 0 Å². The van der Waals surface area contributed by atoms with Gasteiger partial charge in [0.05, 0.1) is 0 Å². The molecular formula is C17H28N2O. The molecule has 3 atom stereocenters. The summed E-state index contributed by atoms with van der Waals surface area (Å²) >= 11 is 0. The zero-order valence-corrected chi connectivity index (χ0v) is 13.2. The SMILES string of the molecule is CCNC(C)c1ccc(N2CC(C)CCC2C)cc1O. The van der Waals surface area contributed by atoms with E-state index >= 15 is 0 Å². The predicted molar refractivity (Wildman–Crippen MR) is 85.4 cm³/mol. The molecule has 1 saturated heterocycles. The van der Waals surface area contributed by atoms with Crippen molar-refractivity contribution in [2.75, 3.05) is 18.0 Å². The minimum atomic E-state index is 0.187. The molecule has 2 rings (SSSR count). The van der Waals surface area contributed by atoms with Gasteiger partial charge in [-0.1, -0.05) is 19.9 Å². The first-order valence-corrected chi connectivity index (χ1v) is 7.85. The summed E-state index contributed by atoms with van der Waals surface area (Å²) in [5, 5.41) is 13.6. The van der Waals surface area contributed by atoms with Crippen molar-refractivity contribution >= 4 is 5.69 Å². The highest BCUT2D eigenvalue weighted by molar-refractivity contribution is 5.55. The van der Waals surface area contributed by atoms with Crippen molar-refractivity contribution in [2.24, 2.45) is 5.92 Å². The third kappa shape index (κ3) is 3.26. The number of nitrogens with zero attached hydrogens (tertiary/aromatic N) is 1. The van der Waals surface area contributed by atoms with Crippen LogP contribution in [-0.4, -0.2) is 24.2 Å². The summed E-state index contributed by atoms with van der Waals surface area (Å²) in [6.07, 6.45) is 2.54. The Kier molecular flexibility index (Phi) is 4.92. The first-order valence-electron chi connectivity index (χ1n) is 7.85. The van der Waals surface area contributed by atoms with Crippen LogP contribution >= 0.6 is 0 Å². The average Bonchev–Trinajstić information content (AvgIpc) is 2.41. The molecule has 0 aromatic heterocycles. The van der Waals surface area contributed by atoms with Crippen molar-refractivity contribution in [3.05, 3.63) is 23.8 Å². The van der Waals surface area contributed by atoms with Gasteiger partial charge in [0.1, 0.15) is 5.75 Å². The van der Waals surface area contributed by atoms with Crippen molar-refractivity contribution in [3.8, 4) is 5.75 Å². The van der Waals surface area contributed by atoms with E-state index in [1.807, 2.05) is 6.07 Å². The number of anilines is 1. The lowest BCUT2D eigenvalue weighted by Gasteiger charge is -2.38. The van der Waals surface area contributed by atoms with Crippen molar-refractivity contribution in [3.63, 3.8) is 0 Å². The third-order valence-electron chi connectivity index (χ3n) is 4.44. The second-order valence-corrected chi connectivity index (χ2v) is 6.21.